The van der Waals surface area contributed by atoms with Crippen LogP contribution in [0.3, 0.4) is 0 Å². The first-order chi connectivity index (χ1) is 13.5. The Morgan fingerprint density at radius 2 is 1.71 bits per heavy atom. The molecule has 2 aromatic carbocycles. The van der Waals surface area contributed by atoms with Crippen molar-refractivity contribution in [2.75, 3.05) is 17.2 Å². The molecule has 0 N–H and O–H groups in total. The minimum absolute atomic E-state index is 0.0135. The topological polar surface area (TPSA) is 68.7 Å². The molecule has 1 heterocycles. The van der Waals surface area contributed by atoms with Gasteiger partial charge in [-0.1, -0.05) is 30.3 Å². The van der Waals surface area contributed by atoms with Gasteiger partial charge in [-0.3, -0.25) is 4.31 Å². The normalized spacial score (nSPS) is 11.1. The molecule has 0 aliphatic rings. The monoisotopic (exact) mass is 398 g/mol. The molecule has 0 aliphatic carbocycles. The number of aromatic nitrogens is 1. The first-order valence-corrected chi connectivity index (χ1v) is 10.4. The Morgan fingerprint density at radius 3 is 2.36 bits per heavy atom. The number of benzene rings is 2. The summed E-state index contributed by atoms with van der Waals surface area (Å²) in [5.74, 6) is 1.71. The van der Waals surface area contributed by atoms with Crippen molar-refractivity contribution in [1.82, 2.24) is 4.98 Å². The Hall–Kier alpha value is -3.06. The number of para-hydroxylation sites is 1. The molecular weight excluding hydrogens is 376 g/mol. The first kappa shape index (κ1) is 19.7. The van der Waals surface area contributed by atoms with Crippen LogP contribution in [0.25, 0.3) is 0 Å². The Morgan fingerprint density at radius 1 is 0.964 bits per heavy atom. The number of methoxy groups -OCH3 is 1. The van der Waals surface area contributed by atoms with Gasteiger partial charge in [0.25, 0.3) is 0 Å². The number of hydrogen-bond acceptors (Lipinski definition) is 5. The maximum atomic E-state index is 12.7. The van der Waals surface area contributed by atoms with Crippen LogP contribution in [0.4, 0.5) is 5.69 Å². The second kappa shape index (κ2) is 8.75. The third-order valence-electron chi connectivity index (χ3n) is 4.12. The van der Waals surface area contributed by atoms with E-state index in [2.05, 4.69) is 4.98 Å². The van der Waals surface area contributed by atoms with Gasteiger partial charge in [0, 0.05) is 18.3 Å². The molecule has 6 nitrogen and oxygen atoms in total. The zero-order valence-corrected chi connectivity index (χ0v) is 16.6. The second-order valence-corrected chi connectivity index (χ2v) is 8.21. The maximum Gasteiger partial charge on any atom is 0.235 e. The molecule has 0 saturated heterocycles. The lowest BCUT2D eigenvalue weighted by atomic mass is 10.2. The fourth-order valence-electron chi connectivity index (χ4n) is 2.62. The standard InChI is InChI=1S/C21H22N2O4S/c1-3-28(24,25)23(16-17-12-13-21(26-2)22-15-17)18-8-7-11-20(14-18)27-19-9-5-4-6-10-19/h4-15H,3,16H2,1-2H3. The van der Waals surface area contributed by atoms with Crippen LogP contribution in [-0.4, -0.2) is 26.3 Å². The number of hydrogen-bond donors (Lipinski definition) is 0. The van der Waals surface area contributed by atoms with E-state index in [9.17, 15) is 8.42 Å². The van der Waals surface area contributed by atoms with E-state index in [0.29, 0.717) is 23.1 Å². The predicted octanol–water partition coefficient (Wildman–Crippen LogP) is 4.24. The molecule has 0 spiro atoms. The summed E-state index contributed by atoms with van der Waals surface area (Å²) in [5.41, 5.74) is 1.29. The van der Waals surface area contributed by atoms with E-state index in [1.165, 1.54) is 11.4 Å². The van der Waals surface area contributed by atoms with E-state index < -0.39 is 10.0 Å². The highest BCUT2D eigenvalue weighted by Gasteiger charge is 2.21. The Balaban J connectivity index is 1.90. The molecule has 146 valence electrons. The summed E-state index contributed by atoms with van der Waals surface area (Å²) in [4.78, 5) is 4.16. The van der Waals surface area contributed by atoms with Crippen LogP contribution in [-0.2, 0) is 16.6 Å². The van der Waals surface area contributed by atoms with E-state index in [1.54, 1.807) is 49.5 Å². The lowest BCUT2D eigenvalue weighted by molar-refractivity contribution is 0.397. The SMILES string of the molecule is CCS(=O)(=O)N(Cc1ccc(OC)nc1)c1cccc(Oc2ccccc2)c1. The largest absolute Gasteiger partial charge is 0.481 e. The van der Waals surface area contributed by atoms with Crippen molar-refractivity contribution in [2.45, 2.75) is 13.5 Å². The average Bonchev–Trinajstić information content (AvgIpc) is 2.73. The maximum absolute atomic E-state index is 12.7. The molecule has 0 bridgehead atoms. The summed E-state index contributed by atoms with van der Waals surface area (Å²) in [6.07, 6.45) is 1.61. The Kier molecular flexibility index (Phi) is 6.16. The van der Waals surface area contributed by atoms with Crippen LogP contribution >= 0.6 is 0 Å². The van der Waals surface area contributed by atoms with Gasteiger partial charge >= 0.3 is 0 Å². The van der Waals surface area contributed by atoms with E-state index in [0.717, 1.165) is 5.56 Å². The molecule has 7 heteroatoms. The summed E-state index contributed by atoms with van der Waals surface area (Å²) in [6.45, 7) is 1.79. The van der Waals surface area contributed by atoms with Gasteiger partial charge in [0.2, 0.25) is 15.9 Å². The molecule has 0 radical (unpaired) electrons. The average molecular weight is 398 g/mol. The van der Waals surface area contributed by atoms with Gasteiger partial charge in [0.15, 0.2) is 0 Å². The molecule has 0 aliphatic heterocycles. The molecule has 0 atom stereocenters. The van der Waals surface area contributed by atoms with E-state index >= 15 is 0 Å². The molecule has 0 saturated carbocycles. The van der Waals surface area contributed by atoms with Gasteiger partial charge in [-0.15, -0.1) is 0 Å². The molecule has 0 amide bonds. The smallest absolute Gasteiger partial charge is 0.235 e. The molecule has 1 aromatic heterocycles. The fourth-order valence-corrected chi connectivity index (χ4v) is 3.72. The summed E-state index contributed by atoms with van der Waals surface area (Å²) in [5, 5.41) is 0. The third-order valence-corrected chi connectivity index (χ3v) is 5.86. The van der Waals surface area contributed by atoms with Crippen LogP contribution in [0.15, 0.2) is 72.9 Å². The van der Waals surface area contributed by atoms with Crippen molar-refractivity contribution in [3.8, 4) is 17.4 Å². The molecule has 3 rings (SSSR count). The first-order valence-electron chi connectivity index (χ1n) is 8.84. The number of nitrogens with zero attached hydrogens (tertiary/aromatic N) is 2. The highest BCUT2D eigenvalue weighted by Crippen LogP contribution is 2.28. The zero-order valence-electron chi connectivity index (χ0n) is 15.8. The number of rotatable bonds is 8. The lowest BCUT2D eigenvalue weighted by Gasteiger charge is -2.24. The summed E-state index contributed by atoms with van der Waals surface area (Å²) < 4.78 is 37.7. The van der Waals surface area contributed by atoms with E-state index in [4.69, 9.17) is 9.47 Å². The lowest BCUT2D eigenvalue weighted by Crippen LogP contribution is -2.31. The number of ether oxygens (including phenoxy) is 2. The molecular formula is C21H22N2O4S. The highest BCUT2D eigenvalue weighted by molar-refractivity contribution is 7.92. The predicted molar refractivity (Wildman–Crippen MR) is 109 cm³/mol. The molecule has 3 aromatic rings. The van der Waals surface area contributed by atoms with Crippen molar-refractivity contribution < 1.29 is 17.9 Å². The van der Waals surface area contributed by atoms with Crippen LogP contribution in [0, 0.1) is 0 Å². The van der Waals surface area contributed by atoms with Crippen LogP contribution in [0.5, 0.6) is 17.4 Å². The molecule has 0 unspecified atom stereocenters. The zero-order chi connectivity index (χ0) is 20.0. The summed E-state index contributed by atoms with van der Waals surface area (Å²) >= 11 is 0. The minimum atomic E-state index is -3.50. The van der Waals surface area contributed by atoms with Crippen molar-refractivity contribution in [2.24, 2.45) is 0 Å². The van der Waals surface area contributed by atoms with Crippen molar-refractivity contribution >= 4 is 15.7 Å². The second-order valence-electron chi connectivity index (χ2n) is 6.03. The quantitative estimate of drug-likeness (QED) is 0.568. The summed E-state index contributed by atoms with van der Waals surface area (Å²) in [7, 11) is -1.96. The van der Waals surface area contributed by atoms with Crippen molar-refractivity contribution in [3.63, 3.8) is 0 Å². The molecule has 28 heavy (non-hydrogen) atoms. The Labute approximate surface area is 165 Å². The van der Waals surface area contributed by atoms with Gasteiger partial charge < -0.3 is 9.47 Å². The number of pyridine rings is 1. The third kappa shape index (κ3) is 4.80. The highest BCUT2D eigenvalue weighted by atomic mass is 32.2. The van der Waals surface area contributed by atoms with Gasteiger partial charge in [-0.25, -0.2) is 13.4 Å². The molecule has 0 fully saturated rings. The van der Waals surface area contributed by atoms with Crippen LogP contribution in [0.2, 0.25) is 0 Å². The number of anilines is 1. The van der Waals surface area contributed by atoms with Gasteiger partial charge in [-0.05, 0) is 36.8 Å². The van der Waals surface area contributed by atoms with Crippen molar-refractivity contribution in [1.29, 1.82) is 0 Å². The van der Waals surface area contributed by atoms with Gasteiger partial charge in [0.05, 0.1) is 25.1 Å². The summed E-state index contributed by atoms with van der Waals surface area (Å²) in [6, 6.07) is 19.9. The van der Waals surface area contributed by atoms with Gasteiger partial charge in [0.1, 0.15) is 11.5 Å². The van der Waals surface area contributed by atoms with Crippen LogP contribution in [0.1, 0.15) is 12.5 Å². The van der Waals surface area contributed by atoms with E-state index in [-0.39, 0.29) is 12.3 Å². The van der Waals surface area contributed by atoms with Crippen LogP contribution < -0.4 is 13.8 Å². The van der Waals surface area contributed by atoms with Gasteiger partial charge in [-0.2, -0.15) is 0 Å². The van der Waals surface area contributed by atoms with E-state index in [1.807, 2.05) is 30.3 Å². The van der Waals surface area contributed by atoms with Crippen molar-refractivity contribution in [3.05, 3.63) is 78.5 Å². The number of sulfonamides is 1. The minimum Gasteiger partial charge on any atom is -0.481 e. The fraction of sp³-hybridized carbons (Fsp3) is 0.190. The Bertz CT molecular complexity index is 1010.